The summed E-state index contributed by atoms with van der Waals surface area (Å²) in [5.41, 5.74) is 4.42. The first kappa shape index (κ1) is 20.9. The van der Waals surface area contributed by atoms with Crippen molar-refractivity contribution in [2.45, 2.75) is 39.8 Å². The molecule has 0 unspecified atom stereocenters. The molecule has 4 rings (SSSR count). The van der Waals surface area contributed by atoms with Crippen molar-refractivity contribution in [3.8, 4) is 0 Å². The lowest BCUT2D eigenvalue weighted by molar-refractivity contribution is 0.0649. The molecule has 5 nitrogen and oxygen atoms in total. The molecule has 3 aromatic rings. The van der Waals surface area contributed by atoms with Crippen molar-refractivity contribution >= 4 is 38.3 Å². The van der Waals surface area contributed by atoms with Crippen LogP contribution in [0.5, 0.6) is 0 Å². The van der Waals surface area contributed by atoms with Crippen LogP contribution in [-0.2, 0) is 16.4 Å². The SMILES string of the molecule is Cc1cc2oc(C(=O)N(Cc3ccccc3Cl)[C@@H]3CCS(=O)(=O)C3)c(C)c2cc1C. The molecule has 0 aliphatic carbocycles. The first-order valence-corrected chi connectivity index (χ1v) is 12.1. The van der Waals surface area contributed by atoms with E-state index < -0.39 is 15.9 Å². The van der Waals surface area contributed by atoms with Crippen molar-refractivity contribution in [1.82, 2.24) is 4.90 Å². The van der Waals surface area contributed by atoms with Gasteiger partial charge in [-0.2, -0.15) is 0 Å². The summed E-state index contributed by atoms with van der Waals surface area (Å²) in [6.45, 7) is 6.12. The van der Waals surface area contributed by atoms with Gasteiger partial charge in [0.25, 0.3) is 5.91 Å². The smallest absolute Gasteiger partial charge is 0.290 e. The Kier molecular flexibility index (Phi) is 5.41. The molecule has 0 radical (unpaired) electrons. The fourth-order valence-corrected chi connectivity index (χ4v) is 5.93. The predicted octanol–water partition coefficient (Wildman–Crippen LogP) is 4.84. The maximum absolute atomic E-state index is 13.6. The third-order valence-electron chi connectivity index (χ3n) is 5.96. The second-order valence-electron chi connectivity index (χ2n) is 8.07. The quantitative estimate of drug-likeness (QED) is 0.576. The zero-order valence-corrected chi connectivity index (χ0v) is 18.8. The molecule has 1 fully saturated rings. The summed E-state index contributed by atoms with van der Waals surface area (Å²) in [6, 6.07) is 10.9. The molecular weight excluding hydrogens is 422 g/mol. The molecule has 0 spiro atoms. The summed E-state index contributed by atoms with van der Waals surface area (Å²) < 4.78 is 30.2. The van der Waals surface area contributed by atoms with E-state index in [9.17, 15) is 13.2 Å². The van der Waals surface area contributed by atoms with Gasteiger partial charge in [0.15, 0.2) is 15.6 Å². The van der Waals surface area contributed by atoms with Crippen LogP contribution in [0.4, 0.5) is 0 Å². The fraction of sp³-hybridized carbons (Fsp3) is 0.348. The van der Waals surface area contributed by atoms with E-state index in [1.807, 2.05) is 51.1 Å². The van der Waals surface area contributed by atoms with Crippen molar-refractivity contribution in [2.24, 2.45) is 0 Å². The van der Waals surface area contributed by atoms with Crippen LogP contribution in [0.1, 0.15) is 39.2 Å². The molecule has 1 aliphatic rings. The van der Waals surface area contributed by atoms with Crippen LogP contribution in [0.25, 0.3) is 11.0 Å². The number of nitrogens with zero attached hydrogens (tertiary/aromatic N) is 1. The largest absolute Gasteiger partial charge is 0.451 e. The summed E-state index contributed by atoms with van der Waals surface area (Å²) in [5, 5.41) is 1.45. The van der Waals surface area contributed by atoms with Crippen LogP contribution in [0.15, 0.2) is 40.8 Å². The van der Waals surface area contributed by atoms with Crippen molar-refractivity contribution < 1.29 is 17.6 Å². The fourth-order valence-electron chi connectivity index (χ4n) is 4.01. The van der Waals surface area contributed by atoms with Gasteiger partial charge < -0.3 is 9.32 Å². The lowest BCUT2D eigenvalue weighted by Crippen LogP contribution is -2.40. The normalized spacial score (nSPS) is 18.1. The Balaban J connectivity index is 1.77. The predicted molar refractivity (Wildman–Crippen MR) is 119 cm³/mol. The number of fused-ring (bicyclic) bond motifs is 1. The summed E-state index contributed by atoms with van der Waals surface area (Å²) in [7, 11) is -3.16. The molecular formula is C23H24ClNO4S. The molecule has 1 atom stereocenters. The average molecular weight is 446 g/mol. The average Bonchev–Trinajstić information content (AvgIpc) is 3.20. The number of carbonyl (C=O) groups is 1. The Morgan fingerprint density at radius 3 is 2.53 bits per heavy atom. The van der Waals surface area contributed by atoms with E-state index in [4.69, 9.17) is 16.0 Å². The standard InChI is InChI=1S/C23H24ClNO4S/c1-14-10-19-16(3)22(29-21(19)11-15(14)2)23(26)25(18-8-9-30(27,28)13-18)12-17-6-4-5-7-20(17)24/h4-7,10-11,18H,8-9,12-13H2,1-3H3/t18-/m1/s1. The second-order valence-corrected chi connectivity index (χ2v) is 10.7. The van der Waals surface area contributed by atoms with Crippen LogP contribution in [0.2, 0.25) is 5.02 Å². The zero-order chi connectivity index (χ0) is 21.6. The van der Waals surface area contributed by atoms with Crippen LogP contribution in [0.3, 0.4) is 0 Å². The number of halogens is 1. The topological polar surface area (TPSA) is 67.6 Å². The van der Waals surface area contributed by atoms with E-state index in [-0.39, 0.29) is 29.7 Å². The first-order valence-electron chi connectivity index (χ1n) is 9.91. The van der Waals surface area contributed by atoms with E-state index in [1.165, 1.54) is 0 Å². The lowest BCUT2D eigenvalue weighted by atomic mass is 10.0. The first-order chi connectivity index (χ1) is 14.2. The van der Waals surface area contributed by atoms with Gasteiger partial charge in [-0.1, -0.05) is 29.8 Å². The van der Waals surface area contributed by atoms with Gasteiger partial charge in [0.2, 0.25) is 0 Å². The van der Waals surface area contributed by atoms with Crippen molar-refractivity contribution in [1.29, 1.82) is 0 Å². The number of hydrogen-bond donors (Lipinski definition) is 0. The molecule has 158 valence electrons. The van der Waals surface area contributed by atoms with Gasteiger partial charge in [-0.25, -0.2) is 8.42 Å². The van der Waals surface area contributed by atoms with E-state index in [0.29, 0.717) is 17.0 Å². The van der Waals surface area contributed by atoms with Crippen LogP contribution < -0.4 is 0 Å². The van der Waals surface area contributed by atoms with Crippen LogP contribution in [-0.4, -0.2) is 36.8 Å². The summed E-state index contributed by atoms with van der Waals surface area (Å²) in [6.07, 6.45) is 0.413. The highest BCUT2D eigenvalue weighted by molar-refractivity contribution is 7.91. The minimum Gasteiger partial charge on any atom is -0.451 e. The van der Waals surface area contributed by atoms with E-state index in [0.717, 1.165) is 27.6 Å². The summed E-state index contributed by atoms with van der Waals surface area (Å²) in [5.74, 6) is -0.00492. The van der Waals surface area contributed by atoms with E-state index in [1.54, 1.807) is 11.0 Å². The van der Waals surface area contributed by atoms with Gasteiger partial charge in [0.1, 0.15) is 5.58 Å². The molecule has 30 heavy (non-hydrogen) atoms. The van der Waals surface area contributed by atoms with Gasteiger partial charge >= 0.3 is 0 Å². The Labute approximate surface area is 181 Å². The Hall–Kier alpha value is -2.31. The van der Waals surface area contributed by atoms with Crippen molar-refractivity contribution in [3.05, 3.63) is 69.4 Å². The molecule has 0 bridgehead atoms. The third-order valence-corrected chi connectivity index (χ3v) is 8.07. The zero-order valence-electron chi connectivity index (χ0n) is 17.2. The Morgan fingerprint density at radius 2 is 1.87 bits per heavy atom. The maximum atomic E-state index is 13.6. The van der Waals surface area contributed by atoms with Gasteiger partial charge in [0, 0.05) is 28.6 Å². The van der Waals surface area contributed by atoms with Gasteiger partial charge in [-0.05, 0) is 62.1 Å². The summed E-state index contributed by atoms with van der Waals surface area (Å²) in [4.78, 5) is 15.2. The van der Waals surface area contributed by atoms with Gasteiger partial charge in [-0.15, -0.1) is 0 Å². The number of aryl methyl sites for hydroxylation is 3. The minimum absolute atomic E-state index is 0.0410. The van der Waals surface area contributed by atoms with Crippen LogP contribution in [0, 0.1) is 20.8 Å². The number of carbonyl (C=O) groups excluding carboxylic acids is 1. The highest BCUT2D eigenvalue weighted by Crippen LogP contribution is 2.31. The van der Waals surface area contributed by atoms with Gasteiger partial charge in [-0.3, -0.25) is 4.79 Å². The maximum Gasteiger partial charge on any atom is 0.290 e. The molecule has 0 N–H and O–H groups in total. The number of amides is 1. The number of sulfone groups is 1. The summed E-state index contributed by atoms with van der Waals surface area (Å²) >= 11 is 6.33. The molecule has 1 amide bonds. The third kappa shape index (κ3) is 3.86. The number of hydrogen-bond acceptors (Lipinski definition) is 4. The van der Waals surface area contributed by atoms with Crippen LogP contribution >= 0.6 is 11.6 Å². The monoisotopic (exact) mass is 445 g/mol. The Morgan fingerprint density at radius 1 is 1.17 bits per heavy atom. The van der Waals surface area contributed by atoms with Crippen molar-refractivity contribution in [2.75, 3.05) is 11.5 Å². The highest BCUT2D eigenvalue weighted by atomic mass is 35.5. The number of benzene rings is 2. The lowest BCUT2D eigenvalue weighted by Gasteiger charge is -2.28. The Bertz CT molecular complexity index is 1250. The van der Waals surface area contributed by atoms with E-state index in [2.05, 4.69) is 0 Å². The van der Waals surface area contributed by atoms with Crippen molar-refractivity contribution in [3.63, 3.8) is 0 Å². The molecule has 2 aromatic carbocycles. The highest BCUT2D eigenvalue weighted by Gasteiger charge is 2.37. The molecule has 2 heterocycles. The second kappa shape index (κ2) is 7.75. The number of furan rings is 1. The molecule has 1 saturated heterocycles. The molecule has 0 saturated carbocycles. The molecule has 1 aliphatic heterocycles. The minimum atomic E-state index is -3.16. The van der Waals surface area contributed by atoms with E-state index >= 15 is 0 Å². The molecule has 7 heteroatoms. The van der Waals surface area contributed by atoms with Gasteiger partial charge in [0.05, 0.1) is 11.5 Å². The molecule has 1 aromatic heterocycles. The number of rotatable bonds is 4.